The highest BCUT2D eigenvalue weighted by Crippen LogP contribution is 2.39. The van der Waals surface area contributed by atoms with Crippen LogP contribution in [0.3, 0.4) is 0 Å². The average Bonchev–Trinajstić information content (AvgIpc) is 3.07. The van der Waals surface area contributed by atoms with Crippen LogP contribution in [0, 0.1) is 22.0 Å². The first-order valence-electron chi connectivity index (χ1n) is 6.59. The van der Waals surface area contributed by atoms with Gasteiger partial charge < -0.3 is 15.2 Å². The number of nitro benzene ring substituents is 1. The van der Waals surface area contributed by atoms with Crippen molar-refractivity contribution in [1.29, 1.82) is 0 Å². The van der Waals surface area contributed by atoms with Gasteiger partial charge in [0.15, 0.2) is 0 Å². The minimum Gasteiger partial charge on any atom is -0.481 e. The summed E-state index contributed by atoms with van der Waals surface area (Å²) in [5.74, 6) is -3.43. The molecule has 114 valence electrons. The summed E-state index contributed by atoms with van der Waals surface area (Å²) in [6.07, 6.45) is 2.12. The van der Waals surface area contributed by atoms with Crippen LogP contribution in [0.1, 0.15) is 0 Å². The van der Waals surface area contributed by atoms with Gasteiger partial charge in [0.05, 0.1) is 23.0 Å². The van der Waals surface area contributed by atoms with E-state index in [0.29, 0.717) is 0 Å². The Balaban J connectivity index is 1.80. The second-order valence-electron chi connectivity index (χ2n) is 5.14. The van der Waals surface area contributed by atoms with E-state index in [2.05, 4.69) is 5.32 Å². The molecule has 8 heteroatoms. The molecule has 1 aromatic rings. The molecule has 2 aliphatic rings. The zero-order valence-corrected chi connectivity index (χ0v) is 11.2. The average molecular weight is 304 g/mol. The van der Waals surface area contributed by atoms with Crippen molar-refractivity contribution in [3.05, 3.63) is 46.5 Å². The number of aliphatic carboxylic acids is 1. The number of ether oxygens (including phenoxy) is 1. The van der Waals surface area contributed by atoms with Crippen molar-refractivity contribution in [3.8, 4) is 0 Å². The summed E-state index contributed by atoms with van der Waals surface area (Å²) in [6, 6.07) is 5.47. The van der Waals surface area contributed by atoms with Crippen molar-refractivity contribution in [2.45, 2.75) is 12.2 Å². The van der Waals surface area contributed by atoms with Gasteiger partial charge in [0, 0.05) is 17.8 Å². The maximum atomic E-state index is 12.3. The van der Waals surface area contributed by atoms with E-state index in [0.717, 1.165) is 0 Å². The van der Waals surface area contributed by atoms with Crippen molar-refractivity contribution >= 4 is 23.3 Å². The third kappa shape index (κ3) is 2.33. The van der Waals surface area contributed by atoms with E-state index in [9.17, 15) is 24.8 Å². The summed E-state index contributed by atoms with van der Waals surface area (Å²) < 4.78 is 5.42. The Bertz CT molecular complexity index is 686. The van der Waals surface area contributed by atoms with Crippen molar-refractivity contribution < 1.29 is 24.4 Å². The Kier molecular flexibility index (Phi) is 3.38. The molecule has 0 radical (unpaired) electrons. The molecule has 1 amide bonds. The van der Waals surface area contributed by atoms with Crippen molar-refractivity contribution in [2.24, 2.45) is 11.8 Å². The minimum atomic E-state index is -1.10. The van der Waals surface area contributed by atoms with Gasteiger partial charge >= 0.3 is 5.97 Å². The Morgan fingerprint density at radius 2 is 1.91 bits per heavy atom. The van der Waals surface area contributed by atoms with Crippen LogP contribution in [-0.2, 0) is 14.3 Å². The lowest BCUT2D eigenvalue weighted by Crippen LogP contribution is -2.39. The van der Waals surface area contributed by atoms with Crippen LogP contribution in [0.4, 0.5) is 11.4 Å². The van der Waals surface area contributed by atoms with Crippen molar-refractivity contribution in [2.75, 3.05) is 5.32 Å². The predicted octanol–water partition coefficient (Wildman–Crippen LogP) is 1.19. The van der Waals surface area contributed by atoms with Crippen molar-refractivity contribution in [3.63, 3.8) is 0 Å². The van der Waals surface area contributed by atoms with Gasteiger partial charge in [-0.15, -0.1) is 0 Å². The van der Waals surface area contributed by atoms with Gasteiger partial charge in [0.2, 0.25) is 5.91 Å². The number of non-ortho nitro benzene ring substituents is 1. The molecule has 4 atom stereocenters. The number of benzene rings is 1. The Labute approximate surface area is 124 Å². The zero-order valence-electron chi connectivity index (χ0n) is 11.2. The highest BCUT2D eigenvalue weighted by atomic mass is 16.6. The summed E-state index contributed by atoms with van der Waals surface area (Å²) >= 11 is 0. The number of hydrogen-bond acceptors (Lipinski definition) is 5. The quantitative estimate of drug-likeness (QED) is 0.490. The number of rotatable bonds is 4. The normalized spacial score (nSPS) is 28.5. The lowest BCUT2D eigenvalue weighted by atomic mass is 9.82. The first kappa shape index (κ1) is 14.2. The Morgan fingerprint density at radius 3 is 2.55 bits per heavy atom. The topological polar surface area (TPSA) is 119 Å². The van der Waals surface area contributed by atoms with E-state index in [1.54, 1.807) is 12.2 Å². The number of fused-ring (bicyclic) bond motifs is 2. The fourth-order valence-electron chi connectivity index (χ4n) is 2.84. The molecule has 1 aromatic carbocycles. The molecular formula is C14H12N2O6. The molecule has 2 heterocycles. The van der Waals surface area contributed by atoms with E-state index in [1.807, 2.05) is 0 Å². The second-order valence-corrected chi connectivity index (χ2v) is 5.14. The molecule has 8 nitrogen and oxygen atoms in total. The van der Waals surface area contributed by atoms with E-state index >= 15 is 0 Å². The molecule has 0 saturated carbocycles. The van der Waals surface area contributed by atoms with E-state index in [4.69, 9.17) is 4.74 Å². The zero-order chi connectivity index (χ0) is 15.9. The second kappa shape index (κ2) is 5.23. The maximum absolute atomic E-state index is 12.3. The molecule has 1 fully saturated rings. The lowest BCUT2D eigenvalue weighted by Gasteiger charge is -2.20. The van der Waals surface area contributed by atoms with Gasteiger partial charge in [-0.1, -0.05) is 18.2 Å². The van der Waals surface area contributed by atoms with Crippen LogP contribution < -0.4 is 5.32 Å². The van der Waals surface area contributed by atoms with Gasteiger partial charge in [-0.05, 0) is 6.07 Å². The van der Waals surface area contributed by atoms with Gasteiger partial charge in [-0.25, -0.2) is 0 Å². The monoisotopic (exact) mass is 304 g/mol. The molecule has 0 aromatic heterocycles. The minimum absolute atomic E-state index is 0.156. The Morgan fingerprint density at radius 1 is 1.23 bits per heavy atom. The number of carbonyl (C=O) groups is 2. The number of nitro groups is 1. The van der Waals surface area contributed by atoms with Crippen molar-refractivity contribution in [1.82, 2.24) is 0 Å². The Hall–Kier alpha value is -2.74. The van der Waals surface area contributed by atoms with Gasteiger partial charge in [-0.2, -0.15) is 0 Å². The molecule has 1 saturated heterocycles. The molecule has 22 heavy (non-hydrogen) atoms. The summed E-state index contributed by atoms with van der Waals surface area (Å²) in [7, 11) is 0. The fourth-order valence-corrected chi connectivity index (χ4v) is 2.84. The van der Waals surface area contributed by atoms with Crippen LogP contribution in [0.2, 0.25) is 0 Å². The van der Waals surface area contributed by atoms with Crippen LogP contribution in [0.5, 0.6) is 0 Å². The summed E-state index contributed by atoms with van der Waals surface area (Å²) in [5, 5.41) is 22.5. The van der Waals surface area contributed by atoms with Crippen LogP contribution in [-0.4, -0.2) is 34.1 Å². The fraction of sp³-hybridized carbons (Fsp3) is 0.286. The first-order valence-corrected chi connectivity index (χ1v) is 6.59. The predicted molar refractivity (Wildman–Crippen MR) is 74.1 cm³/mol. The van der Waals surface area contributed by atoms with E-state index < -0.39 is 40.8 Å². The van der Waals surface area contributed by atoms with Crippen LogP contribution >= 0.6 is 0 Å². The number of anilines is 1. The highest BCUT2D eigenvalue weighted by Gasteiger charge is 2.53. The molecule has 2 N–H and O–H groups in total. The van der Waals surface area contributed by atoms with Gasteiger partial charge in [-0.3, -0.25) is 19.7 Å². The SMILES string of the molecule is O=C(O)[C@@H]1[C@@H](C(=O)Nc2cccc([N+](=O)[O-])c2)[C@@H]2C=C[C@@H]1O2. The lowest BCUT2D eigenvalue weighted by molar-refractivity contribution is -0.384. The van der Waals surface area contributed by atoms with Gasteiger partial charge in [0.1, 0.15) is 5.92 Å². The number of carboxylic acids is 1. The largest absolute Gasteiger partial charge is 0.481 e. The molecule has 0 aliphatic carbocycles. The molecule has 2 aliphatic heterocycles. The summed E-state index contributed by atoms with van der Waals surface area (Å²) in [4.78, 5) is 33.8. The number of carboxylic acid groups (broad SMARTS) is 1. The number of amides is 1. The number of carbonyl (C=O) groups excluding carboxylic acids is 1. The third-order valence-corrected chi connectivity index (χ3v) is 3.81. The van der Waals surface area contributed by atoms with Gasteiger partial charge in [0.25, 0.3) is 5.69 Å². The molecule has 0 spiro atoms. The van der Waals surface area contributed by atoms with Crippen LogP contribution in [0.15, 0.2) is 36.4 Å². The number of nitrogens with one attached hydrogen (secondary N) is 1. The maximum Gasteiger partial charge on any atom is 0.310 e. The number of nitrogens with zero attached hydrogens (tertiary/aromatic N) is 1. The van der Waals surface area contributed by atoms with E-state index in [1.165, 1.54) is 24.3 Å². The molecule has 3 rings (SSSR count). The van der Waals surface area contributed by atoms with E-state index in [-0.39, 0.29) is 11.4 Å². The standard InChI is InChI=1S/C14H12N2O6/c17-13(15-7-2-1-3-8(6-7)16(20)21)11-9-4-5-10(22-9)12(11)14(18)19/h1-6,9-12H,(H,15,17)(H,18,19)/t9-,10-,11-,12-/m0/s1. The summed E-state index contributed by atoms with van der Waals surface area (Å²) in [5.41, 5.74) is 0.0896. The first-order chi connectivity index (χ1) is 10.5. The smallest absolute Gasteiger partial charge is 0.310 e. The third-order valence-electron chi connectivity index (χ3n) is 3.81. The molecule has 2 bridgehead atoms. The van der Waals surface area contributed by atoms with Crippen LogP contribution in [0.25, 0.3) is 0 Å². The molecule has 0 unspecified atom stereocenters. The number of hydrogen-bond donors (Lipinski definition) is 2. The highest BCUT2D eigenvalue weighted by molar-refractivity contribution is 5.96. The molecular weight excluding hydrogens is 292 g/mol. The summed E-state index contributed by atoms with van der Waals surface area (Å²) in [6.45, 7) is 0.